The van der Waals surface area contributed by atoms with Gasteiger partial charge in [-0.25, -0.2) is 4.79 Å². The number of amides is 1. The second-order valence-corrected chi connectivity index (χ2v) is 6.07. The Kier molecular flexibility index (Phi) is 7.11. The summed E-state index contributed by atoms with van der Waals surface area (Å²) in [5, 5.41) is 3.43. The minimum Gasteiger partial charge on any atom is -0.450 e. The smallest absolute Gasteiger partial charge is 0.409 e. The summed E-state index contributed by atoms with van der Waals surface area (Å²) in [7, 11) is 3.54. The number of methoxy groups -OCH3 is 1. The Morgan fingerprint density at radius 1 is 1.21 bits per heavy atom. The lowest BCUT2D eigenvalue weighted by molar-refractivity contribution is -0.0858. The molecule has 8 heteroatoms. The summed E-state index contributed by atoms with van der Waals surface area (Å²) in [6, 6.07) is 0. The molecule has 0 radical (unpaired) electrons. The van der Waals surface area contributed by atoms with Crippen molar-refractivity contribution in [3.63, 3.8) is 0 Å². The quantitative estimate of drug-likeness (QED) is 0.593. The van der Waals surface area contributed by atoms with Gasteiger partial charge in [0, 0.05) is 72.9 Å². The predicted molar refractivity (Wildman–Crippen MR) is 91.3 cm³/mol. The Morgan fingerprint density at radius 2 is 1.83 bits per heavy atom. The predicted octanol–water partition coefficient (Wildman–Crippen LogP) is 0.532. The highest BCUT2D eigenvalue weighted by atomic mass is 16.6. The Bertz CT molecular complexity index is 430. The summed E-state index contributed by atoms with van der Waals surface area (Å²) >= 11 is 0. The first-order chi connectivity index (χ1) is 11.6. The topological polar surface area (TPSA) is 75.6 Å². The van der Waals surface area contributed by atoms with E-state index in [0.717, 1.165) is 45.1 Å². The summed E-state index contributed by atoms with van der Waals surface area (Å²) < 4.78 is 16.2. The van der Waals surface area contributed by atoms with Gasteiger partial charge in [-0.15, -0.1) is 0 Å². The largest absolute Gasteiger partial charge is 0.450 e. The van der Waals surface area contributed by atoms with Crippen LogP contribution in [-0.4, -0.2) is 94.2 Å². The summed E-state index contributed by atoms with van der Waals surface area (Å²) in [4.78, 5) is 20.0. The lowest BCUT2D eigenvalue weighted by Crippen LogP contribution is -2.56. The molecule has 138 valence electrons. The van der Waals surface area contributed by atoms with E-state index in [9.17, 15) is 4.79 Å². The van der Waals surface area contributed by atoms with Gasteiger partial charge in [-0.05, 0) is 6.92 Å². The Balaban J connectivity index is 1.83. The van der Waals surface area contributed by atoms with Crippen LogP contribution in [0.15, 0.2) is 4.99 Å². The van der Waals surface area contributed by atoms with Gasteiger partial charge in [0.05, 0.1) is 12.2 Å². The molecule has 2 aliphatic rings. The zero-order valence-corrected chi connectivity index (χ0v) is 15.0. The summed E-state index contributed by atoms with van der Waals surface area (Å²) in [5.74, 6) is 0.849. The molecule has 0 atom stereocenters. The molecule has 8 nitrogen and oxygen atoms in total. The fourth-order valence-electron chi connectivity index (χ4n) is 3.08. The van der Waals surface area contributed by atoms with Crippen molar-refractivity contribution in [3.8, 4) is 0 Å². The fraction of sp³-hybridized carbons (Fsp3) is 0.875. The van der Waals surface area contributed by atoms with Crippen molar-refractivity contribution in [2.75, 3.05) is 66.7 Å². The number of hydrogen-bond acceptors (Lipinski definition) is 5. The van der Waals surface area contributed by atoms with Crippen molar-refractivity contribution in [2.24, 2.45) is 4.99 Å². The maximum absolute atomic E-state index is 11.8. The van der Waals surface area contributed by atoms with Crippen LogP contribution in [0.1, 0.15) is 19.8 Å². The normalized spacial score (nSPS) is 21.5. The van der Waals surface area contributed by atoms with Gasteiger partial charge in [0.15, 0.2) is 5.96 Å². The summed E-state index contributed by atoms with van der Waals surface area (Å²) in [5.41, 5.74) is -0.194. The molecule has 0 aliphatic carbocycles. The molecule has 2 aliphatic heterocycles. The number of aliphatic imine (C=N–C) groups is 1. The summed E-state index contributed by atoms with van der Waals surface area (Å²) in [6.45, 7) is 7.15. The van der Waals surface area contributed by atoms with Crippen LogP contribution in [0.4, 0.5) is 4.79 Å². The highest BCUT2D eigenvalue weighted by molar-refractivity contribution is 5.80. The standard InChI is InChI=1S/C16H30N4O4/c1-4-24-15(21)20-9-7-19(8-10-20)14(17-2)18-13-16(22-3)5-11-23-12-6-16/h4-13H2,1-3H3,(H,17,18). The van der Waals surface area contributed by atoms with Crippen molar-refractivity contribution in [1.29, 1.82) is 0 Å². The molecule has 1 amide bonds. The average Bonchev–Trinajstić information content (AvgIpc) is 2.63. The number of guanidine groups is 1. The molecular formula is C16H30N4O4. The highest BCUT2D eigenvalue weighted by Crippen LogP contribution is 2.23. The zero-order chi connectivity index (χ0) is 17.4. The van der Waals surface area contributed by atoms with Crippen molar-refractivity contribution < 1.29 is 19.0 Å². The molecule has 0 saturated carbocycles. The third-order valence-corrected chi connectivity index (χ3v) is 4.72. The number of nitrogens with zero attached hydrogens (tertiary/aromatic N) is 3. The van der Waals surface area contributed by atoms with Crippen molar-refractivity contribution in [1.82, 2.24) is 15.1 Å². The average molecular weight is 342 g/mol. The number of nitrogens with one attached hydrogen (secondary N) is 1. The molecule has 0 aromatic carbocycles. The molecule has 0 bridgehead atoms. The number of hydrogen-bond donors (Lipinski definition) is 1. The maximum atomic E-state index is 11.8. The molecule has 0 unspecified atom stereocenters. The summed E-state index contributed by atoms with van der Waals surface area (Å²) in [6.07, 6.45) is 1.52. The first-order valence-electron chi connectivity index (χ1n) is 8.64. The van der Waals surface area contributed by atoms with Crippen molar-refractivity contribution >= 4 is 12.1 Å². The first-order valence-corrected chi connectivity index (χ1v) is 8.64. The molecule has 2 saturated heterocycles. The van der Waals surface area contributed by atoms with Gasteiger partial charge in [0.25, 0.3) is 0 Å². The van der Waals surface area contributed by atoms with E-state index in [-0.39, 0.29) is 11.7 Å². The van der Waals surface area contributed by atoms with E-state index >= 15 is 0 Å². The van der Waals surface area contributed by atoms with Gasteiger partial charge in [-0.1, -0.05) is 0 Å². The molecule has 0 spiro atoms. The van der Waals surface area contributed by atoms with E-state index in [1.165, 1.54) is 0 Å². The Labute approximate surface area is 144 Å². The van der Waals surface area contributed by atoms with Gasteiger partial charge in [0.1, 0.15) is 0 Å². The molecule has 24 heavy (non-hydrogen) atoms. The molecule has 0 aromatic rings. The number of carbonyl (C=O) groups is 1. The van der Waals surface area contributed by atoms with Gasteiger partial charge in [-0.3, -0.25) is 4.99 Å². The number of ether oxygens (including phenoxy) is 3. The van der Waals surface area contributed by atoms with E-state index in [1.54, 1.807) is 19.1 Å². The van der Waals surface area contributed by atoms with Gasteiger partial charge >= 0.3 is 6.09 Å². The molecule has 0 aromatic heterocycles. The van der Waals surface area contributed by atoms with Gasteiger partial charge < -0.3 is 29.3 Å². The first kappa shape index (κ1) is 18.8. The van der Waals surface area contributed by atoms with Gasteiger partial charge in [0.2, 0.25) is 0 Å². The number of rotatable bonds is 4. The maximum Gasteiger partial charge on any atom is 0.409 e. The van der Waals surface area contributed by atoms with Crippen molar-refractivity contribution in [3.05, 3.63) is 0 Å². The highest BCUT2D eigenvalue weighted by Gasteiger charge is 2.33. The van der Waals surface area contributed by atoms with E-state index < -0.39 is 0 Å². The van der Waals surface area contributed by atoms with Crippen LogP contribution in [0, 0.1) is 0 Å². The monoisotopic (exact) mass is 342 g/mol. The second-order valence-electron chi connectivity index (χ2n) is 6.07. The van der Waals surface area contributed by atoms with Crippen LogP contribution in [0.3, 0.4) is 0 Å². The minimum atomic E-state index is -0.236. The minimum absolute atomic E-state index is 0.194. The lowest BCUT2D eigenvalue weighted by atomic mass is 9.94. The van der Waals surface area contributed by atoms with Crippen LogP contribution in [0.25, 0.3) is 0 Å². The lowest BCUT2D eigenvalue weighted by Gasteiger charge is -2.39. The SMILES string of the molecule is CCOC(=O)N1CCN(C(=NC)NCC2(OC)CCOCC2)CC1. The van der Waals surface area contributed by atoms with E-state index in [0.29, 0.717) is 26.2 Å². The zero-order valence-electron chi connectivity index (χ0n) is 15.0. The van der Waals surface area contributed by atoms with Crippen LogP contribution >= 0.6 is 0 Å². The number of carbonyl (C=O) groups excluding carboxylic acids is 1. The molecule has 2 heterocycles. The van der Waals surface area contributed by atoms with E-state index in [4.69, 9.17) is 14.2 Å². The van der Waals surface area contributed by atoms with E-state index in [1.807, 2.05) is 6.92 Å². The Morgan fingerprint density at radius 3 is 2.38 bits per heavy atom. The Hall–Kier alpha value is -1.54. The molecule has 2 rings (SSSR count). The van der Waals surface area contributed by atoms with Gasteiger partial charge in [-0.2, -0.15) is 0 Å². The van der Waals surface area contributed by atoms with Crippen LogP contribution in [-0.2, 0) is 14.2 Å². The van der Waals surface area contributed by atoms with E-state index in [2.05, 4.69) is 15.2 Å². The van der Waals surface area contributed by atoms with Crippen molar-refractivity contribution in [2.45, 2.75) is 25.4 Å². The fourth-order valence-corrected chi connectivity index (χ4v) is 3.08. The second kappa shape index (κ2) is 9.08. The van der Waals surface area contributed by atoms with Crippen LogP contribution in [0.5, 0.6) is 0 Å². The van der Waals surface area contributed by atoms with Crippen LogP contribution < -0.4 is 5.32 Å². The number of piperazine rings is 1. The third-order valence-electron chi connectivity index (χ3n) is 4.72. The van der Waals surface area contributed by atoms with Crippen LogP contribution in [0.2, 0.25) is 0 Å². The molecule has 1 N–H and O–H groups in total. The molecule has 2 fully saturated rings. The molecular weight excluding hydrogens is 312 g/mol. The third kappa shape index (κ3) is 4.73.